The molecule has 1 aromatic rings. The van der Waals surface area contributed by atoms with Crippen LogP contribution in [0.2, 0.25) is 0 Å². The number of hydrogen-bond donors (Lipinski definition) is 2. The maximum atomic E-state index is 11.4. The summed E-state index contributed by atoms with van der Waals surface area (Å²) in [6, 6.07) is 1.87. The maximum Gasteiger partial charge on any atom is 0.251 e. The van der Waals surface area contributed by atoms with Crippen molar-refractivity contribution in [3.05, 3.63) is 22.1 Å². The summed E-state index contributed by atoms with van der Waals surface area (Å²) in [5, 5.41) is 0.742. The number of nitrogens with two attached hydrogens (primary N) is 1. The molecular formula is C13H23N3OS. The van der Waals surface area contributed by atoms with Gasteiger partial charge in [0.1, 0.15) is 0 Å². The van der Waals surface area contributed by atoms with Crippen molar-refractivity contribution in [3.8, 4) is 0 Å². The molecule has 0 spiro atoms. The average Bonchev–Trinajstić information content (AvgIpc) is 2.28. The van der Waals surface area contributed by atoms with Gasteiger partial charge in [-0.1, -0.05) is 31.5 Å². The van der Waals surface area contributed by atoms with Gasteiger partial charge in [-0.15, -0.1) is 0 Å². The maximum absolute atomic E-state index is 11.4. The second-order valence-electron chi connectivity index (χ2n) is 4.61. The average molecular weight is 269 g/mol. The summed E-state index contributed by atoms with van der Waals surface area (Å²) in [7, 11) is 0. The van der Waals surface area contributed by atoms with Crippen LogP contribution in [0.3, 0.4) is 0 Å². The van der Waals surface area contributed by atoms with Crippen molar-refractivity contribution in [1.82, 2.24) is 9.97 Å². The zero-order valence-corrected chi connectivity index (χ0v) is 12.1. The van der Waals surface area contributed by atoms with Gasteiger partial charge in [0.25, 0.3) is 5.56 Å². The minimum absolute atomic E-state index is 0.0495. The van der Waals surface area contributed by atoms with Crippen LogP contribution in [-0.2, 0) is 6.42 Å². The number of aromatic nitrogens is 2. The minimum Gasteiger partial charge on any atom is -0.328 e. The van der Waals surface area contributed by atoms with Gasteiger partial charge < -0.3 is 10.7 Å². The van der Waals surface area contributed by atoms with E-state index in [1.54, 1.807) is 17.8 Å². The summed E-state index contributed by atoms with van der Waals surface area (Å²) in [5.41, 5.74) is 6.53. The van der Waals surface area contributed by atoms with Crippen LogP contribution in [0.4, 0.5) is 0 Å². The van der Waals surface area contributed by atoms with Gasteiger partial charge in [-0.25, -0.2) is 4.98 Å². The lowest BCUT2D eigenvalue weighted by Crippen LogP contribution is -2.14. The summed E-state index contributed by atoms with van der Waals surface area (Å²) in [4.78, 5) is 18.7. The molecule has 1 aromatic heterocycles. The van der Waals surface area contributed by atoms with Crippen LogP contribution in [0.25, 0.3) is 0 Å². The SMILES string of the molecule is CCCc1cc(=O)[nH]c(SCCCCC(C)N)n1. The van der Waals surface area contributed by atoms with Crippen LogP contribution < -0.4 is 11.3 Å². The van der Waals surface area contributed by atoms with Crippen molar-refractivity contribution in [3.63, 3.8) is 0 Å². The van der Waals surface area contributed by atoms with E-state index in [1.165, 1.54) is 0 Å². The van der Waals surface area contributed by atoms with Crippen molar-refractivity contribution >= 4 is 11.8 Å². The molecular weight excluding hydrogens is 246 g/mol. The number of aryl methyl sites for hydroxylation is 1. The molecule has 1 rings (SSSR count). The van der Waals surface area contributed by atoms with E-state index in [-0.39, 0.29) is 11.6 Å². The molecule has 0 saturated heterocycles. The highest BCUT2D eigenvalue weighted by Crippen LogP contribution is 2.14. The monoisotopic (exact) mass is 269 g/mol. The topological polar surface area (TPSA) is 71.8 Å². The van der Waals surface area contributed by atoms with E-state index in [4.69, 9.17) is 5.73 Å². The van der Waals surface area contributed by atoms with Crippen molar-refractivity contribution in [2.45, 2.75) is 57.1 Å². The van der Waals surface area contributed by atoms with Gasteiger partial charge in [0, 0.05) is 23.6 Å². The summed E-state index contributed by atoms with van der Waals surface area (Å²) in [6.45, 7) is 4.12. The van der Waals surface area contributed by atoms with Crippen molar-refractivity contribution < 1.29 is 0 Å². The number of unbranched alkanes of at least 4 members (excludes halogenated alkanes) is 1. The van der Waals surface area contributed by atoms with E-state index in [9.17, 15) is 4.79 Å². The smallest absolute Gasteiger partial charge is 0.251 e. The molecule has 0 aliphatic rings. The van der Waals surface area contributed by atoms with Gasteiger partial charge in [-0.2, -0.15) is 0 Å². The fourth-order valence-electron chi connectivity index (χ4n) is 1.67. The van der Waals surface area contributed by atoms with Crippen molar-refractivity contribution in [1.29, 1.82) is 0 Å². The second-order valence-corrected chi connectivity index (χ2v) is 5.70. The van der Waals surface area contributed by atoms with Crippen LogP contribution in [0.15, 0.2) is 16.0 Å². The standard InChI is InChI=1S/C13H23N3OS/c1-3-6-11-9-12(17)16-13(15-11)18-8-5-4-7-10(2)14/h9-10H,3-8,14H2,1-2H3,(H,15,16,17). The Balaban J connectivity index is 2.39. The van der Waals surface area contributed by atoms with E-state index in [0.717, 1.165) is 48.7 Å². The van der Waals surface area contributed by atoms with Crippen molar-refractivity contribution in [2.75, 3.05) is 5.75 Å². The number of rotatable bonds is 8. The fourth-order valence-corrected chi connectivity index (χ4v) is 2.57. The molecule has 0 radical (unpaired) electrons. The summed E-state index contributed by atoms with van der Waals surface area (Å²) in [5.74, 6) is 0.977. The Bertz CT molecular complexity index is 403. The molecule has 1 heterocycles. The minimum atomic E-state index is -0.0495. The Morgan fingerprint density at radius 3 is 2.94 bits per heavy atom. The lowest BCUT2D eigenvalue weighted by atomic mass is 10.2. The molecule has 3 N–H and O–H groups in total. The van der Waals surface area contributed by atoms with Gasteiger partial charge in [-0.05, 0) is 26.2 Å². The van der Waals surface area contributed by atoms with Gasteiger partial charge in [0.05, 0.1) is 0 Å². The van der Waals surface area contributed by atoms with E-state index in [1.807, 2.05) is 6.92 Å². The Morgan fingerprint density at radius 1 is 1.50 bits per heavy atom. The van der Waals surface area contributed by atoms with Gasteiger partial charge >= 0.3 is 0 Å². The quantitative estimate of drug-likeness (QED) is 0.431. The van der Waals surface area contributed by atoms with E-state index in [0.29, 0.717) is 0 Å². The van der Waals surface area contributed by atoms with Crippen LogP contribution in [-0.4, -0.2) is 21.8 Å². The number of thioether (sulfide) groups is 1. The predicted molar refractivity (Wildman–Crippen MR) is 77.1 cm³/mol. The molecule has 4 nitrogen and oxygen atoms in total. The van der Waals surface area contributed by atoms with Crippen LogP contribution in [0.1, 0.15) is 45.2 Å². The van der Waals surface area contributed by atoms with Gasteiger partial charge in [0.15, 0.2) is 5.16 Å². The number of H-pyrrole nitrogens is 1. The molecule has 0 aliphatic heterocycles. The normalized spacial score (nSPS) is 12.6. The molecule has 5 heteroatoms. The highest BCUT2D eigenvalue weighted by molar-refractivity contribution is 7.99. The summed E-state index contributed by atoms with van der Waals surface area (Å²) in [6.07, 6.45) is 5.16. The zero-order valence-electron chi connectivity index (χ0n) is 11.2. The molecule has 0 aromatic carbocycles. The molecule has 0 amide bonds. The first-order valence-electron chi connectivity index (χ1n) is 6.60. The Labute approximate surface area is 113 Å². The van der Waals surface area contributed by atoms with Gasteiger partial charge in [0.2, 0.25) is 0 Å². The van der Waals surface area contributed by atoms with Crippen LogP contribution in [0, 0.1) is 0 Å². The Kier molecular flexibility index (Phi) is 7.05. The van der Waals surface area contributed by atoms with E-state index in [2.05, 4.69) is 16.9 Å². The third kappa shape index (κ3) is 6.21. The molecule has 102 valence electrons. The van der Waals surface area contributed by atoms with Gasteiger partial charge in [-0.3, -0.25) is 4.79 Å². The first kappa shape index (κ1) is 15.2. The van der Waals surface area contributed by atoms with Crippen LogP contribution >= 0.6 is 11.8 Å². The molecule has 1 unspecified atom stereocenters. The Morgan fingerprint density at radius 2 is 2.28 bits per heavy atom. The summed E-state index contributed by atoms with van der Waals surface area (Å²) < 4.78 is 0. The lowest BCUT2D eigenvalue weighted by molar-refractivity contribution is 0.618. The fraction of sp³-hybridized carbons (Fsp3) is 0.692. The molecule has 18 heavy (non-hydrogen) atoms. The lowest BCUT2D eigenvalue weighted by Gasteiger charge is -2.05. The molecule has 0 aliphatic carbocycles. The third-order valence-corrected chi connectivity index (χ3v) is 3.53. The second kappa shape index (κ2) is 8.32. The predicted octanol–water partition coefficient (Wildman–Crippen LogP) is 2.33. The highest BCUT2D eigenvalue weighted by atomic mass is 32.2. The number of hydrogen-bond acceptors (Lipinski definition) is 4. The Hall–Kier alpha value is -0.810. The zero-order chi connectivity index (χ0) is 13.4. The number of aromatic amines is 1. The number of nitrogens with zero attached hydrogens (tertiary/aromatic N) is 1. The first-order valence-corrected chi connectivity index (χ1v) is 7.59. The number of nitrogens with one attached hydrogen (secondary N) is 1. The largest absolute Gasteiger partial charge is 0.328 e. The molecule has 0 fully saturated rings. The first-order chi connectivity index (χ1) is 8.61. The van der Waals surface area contributed by atoms with Crippen LogP contribution in [0.5, 0.6) is 0 Å². The van der Waals surface area contributed by atoms with E-state index >= 15 is 0 Å². The molecule has 0 saturated carbocycles. The third-order valence-electron chi connectivity index (χ3n) is 2.57. The molecule has 0 bridgehead atoms. The summed E-state index contributed by atoms with van der Waals surface area (Å²) >= 11 is 1.62. The molecule has 1 atom stereocenters. The van der Waals surface area contributed by atoms with E-state index < -0.39 is 0 Å². The van der Waals surface area contributed by atoms with Crippen molar-refractivity contribution in [2.24, 2.45) is 5.73 Å². The highest BCUT2D eigenvalue weighted by Gasteiger charge is 2.02.